The quantitative estimate of drug-likeness (QED) is 0.759. The third-order valence-electron chi connectivity index (χ3n) is 2.09. The Balaban J connectivity index is 6.05. The van der Waals surface area contributed by atoms with E-state index in [4.69, 9.17) is 19.8 Å². The number of hydrogen-bond donors (Lipinski definition) is 2. The van der Waals surface area contributed by atoms with Crippen molar-refractivity contribution in [2.45, 2.75) is 72.8 Å². The lowest BCUT2D eigenvalue weighted by molar-refractivity contribution is -0.123. The van der Waals surface area contributed by atoms with Gasteiger partial charge in [-0.3, -0.25) is 4.79 Å². The molecule has 0 rings (SSSR count). The summed E-state index contributed by atoms with van der Waals surface area (Å²) in [6.07, 6.45) is -4.92. The van der Waals surface area contributed by atoms with Crippen LogP contribution in [0.2, 0.25) is 0 Å². The van der Waals surface area contributed by atoms with E-state index >= 15 is 0 Å². The van der Waals surface area contributed by atoms with Crippen LogP contribution in [0.15, 0.2) is 0 Å². The van der Waals surface area contributed by atoms with Gasteiger partial charge in [0, 0.05) is 21.6 Å². The van der Waals surface area contributed by atoms with E-state index in [0.717, 1.165) is 0 Å². The van der Waals surface area contributed by atoms with E-state index in [0.29, 0.717) is 0 Å². The zero-order valence-corrected chi connectivity index (χ0v) is 13.1. The predicted octanol–water partition coefficient (Wildman–Crippen LogP) is 3.09. The SMILES string of the molecule is [2H]C([2H])([2H])C([2H])(C([2H])([2H])[2H])C([2H])([2H])C([2H])([2H])NC(=O)[C@H](CC(C)C)NC(=O)OC(C)(C)C. The number of ether oxygens (including phenoxy) is 1. The summed E-state index contributed by atoms with van der Waals surface area (Å²) < 4.78 is 89.4. The second-order valence-electron chi connectivity index (χ2n) is 5.94. The second-order valence-corrected chi connectivity index (χ2v) is 5.94. The molecule has 0 radical (unpaired) electrons. The maximum atomic E-state index is 12.7. The van der Waals surface area contributed by atoms with Gasteiger partial charge in [0.1, 0.15) is 11.6 Å². The molecule has 5 heteroatoms. The van der Waals surface area contributed by atoms with Gasteiger partial charge in [0.05, 0.1) is 0 Å². The summed E-state index contributed by atoms with van der Waals surface area (Å²) in [5.41, 5.74) is -0.903. The van der Waals surface area contributed by atoms with E-state index in [1.165, 1.54) is 0 Å². The van der Waals surface area contributed by atoms with E-state index in [-0.39, 0.29) is 12.3 Å². The standard InChI is InChI=1S/C16H32N2O3/c1-11(2)8-9-17-14(19)13(10-12(3)4)18-15(20)21-16(5,6)7/h11-13H,8-10H2,1-7H3,(H,17,19)(H,18,20)/t13-/m0/s1/i1D3,2D3,8D2,9D2,11D. The Bertz CT molecular complexity index is 668. The minimum Gasteiger partial charge on any atom is -0.444 e. The molecular weight excluding hydrogens is 268 g/mol. The molecule has 0 aromatic carbocycles. The van der Waals surface area contributed by atoms with Gasteiger partial charge < -0.3 is 15.4 Å². The largest absolute Gasteiger partial charge is 0.444 e. The summed E-state index contributed by atoms with van der Waals surface area (Å²) in [7, 11) is 0. The Morgan fingerprint density at radius 1 is 1.33 bits per heavy atom. The van der Waals surface area contributed by atoms with Crippen molar-refractivity contribution < 1.29 is 29.4 Å². The molecule has 0 spiro atoms. The molecule has 0 heterocycles. The second kappa shape index (κ2) is 8.90. The van der Waals surface area contributed by atoms with Crippen LogP contribution in [0.5, 0.6) is 0 Å². The highest BCUT2D eigenvalue weighted by atomic mass is 16.6. The maximum Gasteiger partial charge on any atom is 0.408 e. The molecule has 0 fully saturated rings. The normalized spacial score (nSPS) is 24.0. The number of carbonyl (C=O) groups excluding carboxylic acids is 2. The smallest absolute Gasteiger partial charge is 0.408 e. The number of rotatable bonds is 7. The van der Waals surface area contributed by atoms with Gasteiger partial charge in [-0.2, -0.15) is 0 Å². The zero-order valence-electron chi connectivity index (χ0n) is 24.1. The number of hydrogen-bond acceptors (Lipinski definition) is 3. The highest BCUT2D eigenvalue weighted by molar-refractivity contribution is 5.85. The molecule has 0 saturated heterocycles. The molecule has 5 nitrogen and oxygen atoms in total. The van der Waals surface area contributed by atoms with Gasteiger partial charge in [0.2, 0.25) is 5.91 Å². The number of amides is 2. The first-order chi connectivity index (χ1) is 13.8. The fourth-order valence-electron chi connectivity index (χ4n) is 1.40. The zero-order chi connectivity index (χ0) is 26.1. The van der Waals surface area contributed by atoms with Gasteiger partial charge in [-0.25, -0.2) is 4.79 Å². The first-order valence-corrected chi connectivity index (χ1v) is 6.62. The lowest BCUT2D eigenvalue weighted by Gasteiger charge is -2.24. The first-order valence-electron chi connectivity index (χ1n) is 12.1. The summed E-state index contributed by atoms with van der Waals surface area (Å²) in [5, 5.41) is 3.90. The van der Waals surface area contributed by atoms with Crippen molar-refractivity contribution in [3.63, 3.8) is 0 Å². The van der Waals surface area contributed by atoms with Gasteiger partial charge in [-0.15, -0.1) is 0 Å². The summed E-state index contributed by atoms with van der Waals surface area (Å²) in [5.74, 6) is -5.35. The summed E-state index contributed by atoms with van der Waals surface area (Å²) in [4.78, 5) is 24.8. The molecule has 2 N–H and O–H groups in total. The monoisotopic (exact) mass is 311 g/mol. The van der Waals surface area contributed by atoms with Gasteiger partial charge in [-0.05, 0) is 45.4 Å². The Morgan fingerprint density at radius 3 is 2.43 bits per heavy atom. The van der Waals surface area contributed by atoms with Crippen LogP contribution in [0.4, 0.5) is 4.79 Å². The molecule has 0 aliphatic carbocycles. The molecule has 0 aliphatic heterocycles. The third kappa shape index (κ3) is 11.1. The van der Waals surface area contributed by atoms with E-state index in [9.17, 15) is 9.59 Å². The molecule has 21 heavy (non-hydrogen) atoms. The van der Waals surface area contributed by atoms with Crippen LogP contribution in [-0.4, -0.2) is 30.1 Å². The highest BCUT2D eigenvalue weighted by Crippen LogP contribution is 2.09. The molecule has 0 unspecified atom stereocenters. The van der Waals surface area contributed by atoms with E-state index in [1.807, 2.05) is 0 Å². The van der Waals surface area contributed by atoms with Crippen LogP contribution in [0, 0.1) is 11.8 Å². The molecule has 0 saturated carbocycles. The molecule has 2 amide bonds. The fraction of sp³-hybridized carbons (Fsp3) is 0.875. The molecule has 0 aliphatic rings. The Hall–Kier alpha value is -1.26. The van der Waals surface area contributed by atoms with Crippen LogP contribution >= 0.6 is 0 Å². The Labute approximate surface area is 144 Å². The van der Waals surface area contributed by atoms with Crippen molar-refractivity contribution >= 4 is 12.0 Å². The molecule has 0 aromatic heterocycles. The molecular formula is C16H32N2O3. The molecule has 124 valence electrons. The van der Waals surface area contributed by atoms with Crippen LogP contribution in [0.1, 0.15) is 76.2 Å². The lowest BCUT2D eigenvalue weighted by Crippen LogP contribution is -2.49. The van der Waals surface area contributed by atoms with Crippen LogP contribution < -0.4 is 10.6 Å². The number of nitrogens with one attached hydrogen (secondary N) is 2. The Morgan fingerprint density at radius 2 is 1.95 bits per heavy atom. The minimum atomic E-state index is -3.92. The van der Waals surface area contributed by atoms with E-state index in [1.54, 1.807) is 39.9 Å². The maximum absolute atomic E-state index is 12.7. The van der Waals surface area contributed by atoms with Gasteiger partial charge >= 0.3 is 6.09 Å². The summed E-state index contributed by atoms with van der Waals surface area (Å²) >= 11 is 0. The van der Waals surface area contributed by atoms with Crippen molar-refractivity contribution in [1.29, 1.82) is 0 Å². The van der Waals surface area contributed by atoms with Gasteiger partial charge in [0.15, 0.2) is 0 Å². The minimum absolute atomic E-state index is 0.0191. The van der Waals surface area contributed by atoms with Crippen LogP contribution in [0.25, 0.3) is 0 Å². The average molecular weight is 312 g/mol. The van der Waals surface area contributed by atoms with Crippen molar-refractivity contribution in [3.8, 4) is 0 Å². The summed E-state index contributed by atoms with van der Waals surface area (Å²) in [6, 6.07) is -1.41. The number of carbonyl (C=O) groups is 2. The lowest BCUT2D eigenvalue weighted by atomic mass is 10.0. The molecule has 1 atom stereocenters. The van der Waals surface area contributed by atoms with E-state index in [2.05, 4.69) is 5.32 Å². The summed E-state index contributed by atoms with van der Waals surface area (Å²) in [6.45, 7) is -3.03. The van der Waals surface area contributed by atoms with E-state index < -0.39 is 56.1 Å². The van der Waals surface area contributed by atoms with Gasteiger partial charge in [0.25, 0.3) is 0 Å². The van der Waals surface area contributed by atoms with Crippen LogP contribution in [-0.2, 0) is 9.53 Å². The highest BCUT2D eigenvalue weighted by Gasteiger charge is 2.24. The topological polar surface area (TPSA) is 67.4 Å². The Kier molecular flexibility index (Phi) is 3.32. The van der Waals surface area contributed by atoms with Crippen molar-refractivity contribution in [2.24, 2.45) is 11.8 Å². The predicted molar refractivity (Wildman–Crippen MR) is 85.1 cm³/mol. The van der Waals surface area contributed by atoms with Crippen molar-refractivity contribution in [1.82, 2.24) is 10.6 Å². The van der Waals surface area contributed by atoms with Crippen LogP contribution in [0.3, 0.4) is 0 Å². The third-order valence-corrected chi connectivity index (χ3v) is 2.09. The number of alkyl carbamates (subject to hydrolysis) is 1. The van der Waals surface area contributed by atoms with Gasteiger partial charge in [-0.1, -0.05) is 27.6 Å². The van der Waals surface area contributed by atoms with Crippen molar-refractivity contribution in [2.75, 3.05) is 6.50 Å². The molecule has 0 aromatic rings. The van der Waals surface area contributed by atoms with Crippen molar-refractivity contribution in [3.05, 3.63) is 0 Å². The molecule has 0 bridgehead atoms. The fourth-order valence-corrected chi connectivity index (χ4v) is 1.40. The first kappa shape index (κ1) is 7.84. The average Bonchev–Trinajstić information content (AvgIpc) is 2.47.